The lowest BCUT2D eigenvalue weighted by molar-refractivity contribution is -0.142. The van der Waals surface area contributed by atoms with Crippen LogP contribution in [0.1, 0.15) is 43.4 Å². The molecule has 3 rings (SSSR count). The number of benzene rings is 3. The number of hydrogen-bond donors (Lipinski definition) is 1. The third-order valence-corrected chi connectivity index (χ3v) is 6.27. The zero-order valence-electron chi connectivity index (χ0n) is 20.5. The van der Waals surface area contributed by atoms with Crippen molar-refractivity contribution in [2.24, 2.45) is 0 Å². The lowest BCUT2D eigenvalue weighted by atomic mass is 10.0. The van der Waals surface area contributed by atoms with Gasteiger partial charge in [-0.15, -0.1) is 0 Å². The third-order valence-electron chi connectivity index (χ3n) is 5.77. The topological polar surface area (TPSA) is 58.6 Å². The van der Waals surface area contributed by atoms with Crippen molar-refractivity contribution in [1.29, 1.82) is 0 Å². The second kappa shape index (κ2) is 13.1. The normalized spacial score (nSPS) is 11.7. The van der Waals surface area contributed by atoms with Crippen LogP contribution in [0.3, 0.4) is 0 Å². The summed E-state index contributed by atoms with van der Waals surface area (Å²) < 4.78 is 6.77. The summed E-state index contributed by atoms with van der Waals surface area (Å²) in [6, 6.07) is 24.6. The molecular formula is C29H33BrN2O3. The summed E-state index contributed by atoms with van der Waals surface area (Å²) in [5.41, 5.74) is 3.12. The van der Waals surface area contributed by atoms with Crippen molar-refractivity contribution in [2.75, 3.05) is 13.2 Å². The highest BCUT2D eigenvalue weighted by atomic mass is 79.9. The summed E-state index contributed by atoms with van der Waals surface area (Å²) in [4.78, 5) is 28.3. The summed E-state index contributed by atoms with van der Waals surface area (Å²) in [6.45, 7) is 6.77. The minimum absolute atomic E-state index is 0.153. The molecule has 6 heteroatoms. The second-order valence-electron chi connectivity index (χ2n) is 8.76. The first-order chi connectivity index (χ1) is 16.9. The Hall–Kier alpha value is -3.12. The van der Waals surface area contributed by atoms with Gasteiger partial charge in [0.2, 0.25) is 5.91 Å². The number of carbonyl (C=O) groups excluding carboxylic acids is 2. The maximum Gasteiger partial charge on any atom is 0.261 e. The number of nitrogens with zero attached hydrogens (tertiary/aromatic N) is 1. The fourth-order valence-corrected chi connectivity index (χ4v) is 4.30. The van der Waals surface area contributed by atoms with Crippen LogP contribution in [0.2, 0.25) is 0 Å². The van der Waals surface area contributed by atoms with Crippen molar-refractivity contribution in [3.05, 3.63) is 100 Å². The number of hydrogen-bond acceptors (Lipinski definition) is 3. The van der Waals surface area contributed by atoms with E-state index < -0.39 is 6.04 Å². The molecule has 5 nitrogen and oxygen atoms in total. The molecule has 0 unspecified atom stereocenters. The molecule has 0 heterocycles. The summed E-state index contributed by atoms with van der Waals surface area (Å²) >= 11 is 3.50. The highest BCUT2D eigenvalue weighted by molar-refractivity contribution is 9.10. The van der Waals surface area contributed by atoms with Crippen molar-refractivity contribution in [3.63, 3.8) is 0 Å². The standard InChI is InChI=1S/C29H33BrN2O3/c1-4-31-29(34)27(18-22-9-6-5-7-10-22)32(19-23-11-8-12-25(30)17-23)28(33)20-35-26-15-13-24(14-16-26)21(2)3/h5-17,21,27H,4,18-20H2,1-3H3,(H,31,34)/t27-/m0/s1. The highest BCUT2D eigenvalue weighted by Crippen LogP contribution is 2.20. The molecule has 3 aromatic rings. The minimum atomic E-state index is -0.671. The molecule has 0 bridgehead atoms. The SMILES string of the molecule is CCNC(=O)[C@H](Cc1ccccc1)N(Cc1cccc(Br)c1)C(=O)COc1ccc(C(C)C)cc1. The number of carbonyl (C=O) groups is 2. The third kappa shape index (κ3) is 7.96. The maximum atomic E-state index is 13.5. The summed E-state index contributed by atoms with van der Waals surface area (Å²) in [7, 11) is 0. The Morgan fingerprint density at radius 3 is 2.26 bits per heavy atom. The van der Waals surface area contributed by atoms with Crippen LogP contribution in [0.15, 0.2) is 83.3 Å². The van der Waals surface area contributed by atoms with E-state index in [1.165, 1.54) is 5.56 Å². The number of halogens is 1. The van der Waals surface area contributed by atoms with E-state index in [4.69, 9.17) is 4.74 Å². The molecule has 0 aliphatic heterocycles. The van der Waals surface area contributed by atoms with Gasteiger partial charge in [0.25, 0.3) is 5.91 Å². The molecule has 0 aromatic heterocycles. The van der Waals surface area contributed by atoms with Gasteiger partial charge in [-0.05, 0) is 53.8 Å². The van der Waals surface area contributed by atoms with Gasteiger partial charge in [-0.25, -0.2) is 0 Å². The highest BCUT2D eigenvalue weighted by Gasteiger charge is 2.30. The Bertz CT molecular complexity index is 1100. The number of likely N-dealkylation sites (N-methyl/N-ethyl adjacent to an activating group) is 1. The molecule has 3 aromatic carbocycles. The molecule has 1 N–H and O–H groups in total. The average Bonchev–Trinajstić information content (AvgIpc) is 2.85. The van der Waals surface area contributed by atoms with E-state index in [9.17, 15) is 9.59 Å². The number of amides is 2. The minimum Gasteiger partial charge on any atom is -0.484 e. The first kappa shape index (κ1) is 26.5. The van der Waals surface area contributed by atoms with Crippen LogP contribution in [0.5, 0.6) is 5.75 Å². The molecular weight excluding hydrogens is 504 g/mol. The molecule has 2 amide bonds. The van der Waals surface area contributed by atoms with E-state index in [2.05, 4.69) is 35.1 Å². The average molecular weight is 537 g/mol. The first-order valence-corrected chi connectivity index (χ1v) is 12.7. The molecule has 0 saturated heterocycles. The van der Waals surface area contributed by atoms with Gasteiger partial charge in [-0.1, -0.05) is 84.4 Å². The second-order valence-corrected chi connectivity index (χ2v) is 9.68. The Morgan fingerprint density at radius 1 is 0.943 bits per heavy atom. The molecule has 1 atom stereocenters. The van der Waals surface area contributed by atoms with E-state index in [1.54, 1.807) is 4.90 Å². The zero-order chi connectivity index (χ0) is 25.2. The van der Waals surface area contributed by atoms with Gasteiger partial charge in [0.05, 0.1) is 0 Å². The Kier molecular flexibility index (Phi) is 9.91. The van der Waals surface area contributed by atoms with Crippen molar-refractivity contribution < 1.29 is 14.3 Å². The van der Waals surface area contributed by atoms with Gasteiger partial charge in [-0.2, -0.15) is 0 Å². The van der Waals surface area contributed by atoms with Crippen LogP contribution < -0.4 is 10.1 Å². The van der Waals surface area contributed by atoms with E-state index in [0.717, 1.165) is 15.6 Å². The van der Waals surface area contributed by atoms with Gasteiger partial charge >= 0.3 is 0 Å². The lowest BCUT2D eigenvalue weighted by Gasteiger charge is -2.31. The first-order valence-electron chi connectivity index (χ1n) is 12.0. The van der Waals surface area contributed by atoms with Gasteiger partial charge < -0.3 is 15.0 Å². The van der Waals surface area contributed by atoms with Crippen LogP contribution >= 0.6 is 15.9 Å². The number of nitrogens with one attached hydrogen (secondary N) is 1. The van der Waals surface area contributed by atoms with Crippen LogP contribution in [0.25, 0.3) is 0 Å². The van der Waals surface area contributed by atoms with Gasteiger partial charge in [0.15, 0.2) is 6.61 Å². The summed E-state index contributed by atoms with van der Waals surface area (Å²) in [5.74, 6) is 0.621. The van der Waals surface area contributed by atoms with Crippen molar-refractivity contribution >= 4 is 27.7 Å². The van der Waals surface area contributed by atoms with Crippen molar-refractivity contribution in [1.82, 2.24) is 10.2 Å². The molecule has 0 spiro atoms. The number of ether oxygens (including phenoxy) is 1. The molecule has 0 aliphatic rings. The maximum absolute atomic E-state index is 13.5. The quantitative estimate of drug-likeness (QED) is 0.340. The molecule has 35 heavy (non-hydrogen) atoms. The Balaban J connectivity index is 1.86. The van der Waals surface area contributed by atoms with Gasteiger partial charge in [0.1, 0.15) is 11.8 Å². The summed E-state index contributed by atoms with van der Waals surface area (Å²) in [6.07, 6.45) is 0.412. The molecule has 0 radical (unpaired) electrons. The predicted molar refractivity (Wildman–Crippen MR) is 143 cm³/mol. The van der Waals surface area contributed by atoms with Crippen LogP contribution in [0, 0.1) is 0 Å². The van der Waals surface area contributed by atoms with Crippen LogP contribution in [0.4, 0.5) is 0 Å². The molecule has 0 aliphatic carbocycles. The van der Waals surface area contributed by atoms with E-state index in [1.807, 2.05) is 85.8 Å². The zero-order valence-corrected chi connectivity index (χ0v) is 22.1. The Labute approximate surface area is 216 Å². The molecule has 184 valence electrons. The smallest absolute Gasteiger partial charge is 0.261 e. The van der Waals surface area contributed by atoms with E-state index in [0.29, 0.717) is 31.2 Å². The fraction of sp³-hybridized carbons (Fsp3) is 0.310. The van der Waals surface area contributed by atoms with E-state index in [-0.39, 0.29) is 18.4 Å². The van der Waals surface area contributed by atoms with Crippen LogP contribution in [-0.4, -0.2) is 35.9 Å². The number of rotatable bonds is 11. The predicted octanol–water partition coefficient (Wildman–Crippen LogP) is 5.73. The van der Waals surface area contributed by atoms with Crippen molar-refractivity contribution in [3.8, 4) is 5.75 Å². The summed E-state index contributed by atoms with van der Waals surface area (Å²) in [5, 5.41) is 2.91. The largest absolute Gasteiger partial charge is 0.484 e. The van der Waals surface area contributed by atoms with Gasteiger partial charge in [0, 0.05) is 24.0 Å². The lowest BCUT2D eigenvalue weighted by Crippen LogP contribution is -2.51. The monoisotopic (exact) mass is 536 g/mol. The molecule has 0 fully saturated rings. The molecule has 0 saturated carbocycles. The van der Waals surface area contributed by atoms with Crippen LogP contribution in [-0.2, 0) is 22.6 Å². The Morgan fingerprint density at radius 2 is 1.63 bits per heavy atom. The van der Waals surface area contributed by atoms with Gasteiger partial charge in [-0.3, -0.25) is 9.59 Å². The van der Waals surface area contributed by atoms with Crippen molar-refractivity contribution in [2.45, 2.75) is 45.7 Å². The van der Waals surface area contributed by atoms with E-state index >= 15 is 0 Å². The fourth-order valence-electron chi connectivity index (χ4n) is 3.85.